The van der Waals surface area contributed by atoms with E-state index in [0.29, 0.717) is 6.04 Å². The number of rotatable bonds is 5. The predicted molar refractivity (Wildman–Crippen MR) is 90.1 cm³/mol. The van der Waals surface area contributed by atoms with Gasteiger partial charge in [-0.3, -0.25) is 4.90 Å². The highest BCUT2D eigenvalue weighted by Gasteiger charge is 2.22. The van der Waals surface area contributed by atoms with E-state index in [9.17, 15) is 0 Å². The van der Waals surface area contributed by atoms with Gasteiger partial charge in [-0.2, -0.15) is 11.3 Å². The largest absolute Gasteiger partial charge is 0.314 e. The van der Waals surface area contributed by atoms with Crippen LogP contribution in [0.5, 0.6) is 0 Å². The number of nitrogens with zero attached hydrogens (tertiary/aromatic N) is 1. The monoisotopic (exact) mass is 324 g/mol. The second kappa shape index (κ2) is 10.0. The summed E-state index contributed by atoms with van der Waals surface area (Å²) in [6, 6.07) is 2.95. The lowest BCUT2D eigenvalue weighted by Gasteiger charge is -2.35. The molecule has 1 saturated heterocycles. The highest BCUT2D eigenvalue weighted by Crippen LogP contribution is 2.29. The lowest BCUT2D eigenvalue weighted by Crippen LogP contribution is -2.45. The van der Waals surface area contributed by atoms with Crippen LogP contribution in [0.3, 0.4) is 0 Å². The van der Waals surface area contributed by atoms with Gasteiger partial charge in [-0.15, -0.1) is 24.8 Å². The third kappa shape index (κ3) is 6.01. The molecule has 5 heteroatoms. The first kappa shape index (κ1) is 19.2. The molecule has 1 aliphatic rings. The first-order valence-corrected chi connectivity index (χ1v) is 7.68. The molecule has 0 aromatic carbocycles. The molecular weight excluding hydrogens is 299 g/mol. The molecule has 2 nitrogen and oxygen atoms in total. The number of hydrogen-bond donors (Lipinski definition) is 1. The Hall–Kier alpha value is 0.200. The molecule has 0 aliphatic carbocycles. The van der Waals surface area contributed by atoms with Crippen molar-refractivity contribution < 1.29 is 0 Å². The third-order valence-corrected chi connectivity index (χ3v) is 4.24. The molecule has 0 amide bonds. The third-order valence-electron chi connectivity index (χ3n) is 3.54. The van der Waals surface area contributed by atoms with Crippen molar-refractivity contribution in [2.45, 2.75) is 32.7 Å². The minimum absolute atomic E-state index is 0. The molecule has 1 fully saturated rings. The Morgan fingerprint density at radius 2 is 1.89 bits per heavy atom. The van der Waals surface area contributed by atoms with Crippen molar-refractivity contribution >= 4 is 36.2 Å². The number of halogens is 2. The van der Waals surface area contributed by atoms with Crippen LogP contribution in [-0.2, 0) is 0 Å². The van der Waals surface area contributed by atoms with E-state index in [-0.39, 0.29) is 24.8 Å². The lowest BCUT2D eigenvalue weighted by atomic mass is 9.98. The van der Waals surface area contributed by atoms with Crippen LogP contribution in [0.15, 0.2) is 16.8 Å². The van der Waals surface area contributed by atoms with Crippen LogP contribution in [0.1, 0.15) is 38.3 Å². The molecule has 2 rings (SSSR count). The molecule has 1 atom stereocenters. The Bertz CT molecular complexity index is 311. The summed E-state index contributed by atoms with van der Waals surface area (Å²) >= 11 is 1.82. The summed E-state index contributed by atoms with van der Waals surface area (Å²) in [5.41, 5.74) is 1.53. The average Bonchev–Trinajstić information content (AvgIpc) is 2.84. The molecule has 1 aromatic heterocycles. The fourth-order valence-corrected chi connectivity index (χ4v) is 3.22. The van der Waals surface area contributed by atoms with E-state index in [1.165, 1.54) is 31.5 Å². The number of piperazine rings is 1. The summed E-state index contributed by atoms with van der Waals surface area (Å²) in [5, 5.41) is 7.98. The van der Waals surface area contributed by atoms with Crippen molar-refractivity contribution in [1.29, 1.82) is 0 Å². The van der Waals surface area contributed by atoms with E-state index in [2.05, 4.69) is 40.9 Å². The number of thiophene rings is 1. The maximum atomic E-state index is 3.44. The van der Waals surface area contributed by atoms with Gasteiger partial charge in [-0.05, 0) is 41.1 Å². The van der Waals surface area contributed by atoms with Crippen LogP contribution in [0.25, 0.3) is 0 Å². The molecule has 2 heterocycles. The van der Waals surface area contributed by atoms with E-state index >= 15 is 0 Å². The highest BCUT2D eigenvalue weighted by molar-refractivity contribution is 7.07. The quantitative estimate of drug-likeness (QED) is 0.881. The smallest absolute Gasteiger partial charge is 0.0357 e. The van der Waals surface area contributed by atoms with Gasteiger partial charge in [-0.1, -0.05) is 13.8 Å². The Morgan fingerprint density at radius 3 is 2.42 bits per heavy atom. The van der Waals surface area contributed by atoms with Crippen LogP contribution in [0, 0.1) is 5.92 Å². The van der Waals surface area contributed by atoms with E-state index in [1.807, 2.05) is 11.3 Å². The van der Waals surface area contributed by atoms with E-state index in [1.54, 1.807) is 0 Å². The normalized spacial score (nSPS) is 17.6. The summed E-state index contributed by atoms with van der Waals surface area (Å²) < 4.78 is 0. The van der Waals surface area contributed by atoms with Gasteiger partial charge in [0.05, 0.1) is 0 Å². The Balaban J connectivity index is 0.00000162. The van der Waals surface area contributed by atoms with Gasteiger partial charge in [0, 0.05) is 32.2 Å². The molecule has 1 N–H and O–H groups in total. The molecule has 0 radical (unpaired) electrons. The molecule has 0 bridgehead atoms. The van der Waals surface area contributed by atoms with Gasteiger partial charge in [0.1, 0.15) is 0 Å². The molecule has 1 aliphatic heterocycles. The van der Waals surface area contributed by atoms with Gasteiger partial charge in [0.15, 0.2) is 0 Å². The Morgan fingerprint density at radius 1 is 1.21 bits per heavy atom. The summed E-state index contributed by atoms with van der Waals surface area (Å²) in [6.45, 7) is 9.31. The fraction of sp³-hybridized carbons (Fsp3) is 0.714. The summed E-state index contributed by atoms with van der Waals surface area (Å²) in [5.74, 6) is 0.805. The van der Waals surface area contributed by atoms with Crippen molar-refractivity contribution in [3.8, 4) is 0 Å². The molecule has 1 aromatic rings. The maximum Gasteiger partial charge on any atom is 0.0357 e. The van der Waals surface area contributed by atoms with Crippen molar-refractivity contribution in [2.24, 2.45) is 5.92 Å². The average molecular weight is 325 g/mol. The second-order valence-electron chi connectivity index (χ2n) is 5.33. The predicted octanol–water partition coefficient (Wildman–Crippen LogP) is 3.97. The van der Waals surface area contributed by atoms with E-state index in [0.717, 1.165) is 19.0 Å². The molecule has 0 saturated carbocycles. The standard InChI is InChI=1S/C14H24N2S.2ClH/c1-12(2)3-4-14(13-5-10-17-11-13)16-8-6-15-7-9-16;;/h5,10-12,14-15H,3-4,6-9H2,1-2H3;2*1H/t14-;;/m0../s1. The van der Waals surface area contributed by atoms with Crippen LogP contribution in [-0.4, -0.2) is 31.1 Å². The van der Waals surface area contributed by atoms with Gasteiger partial charge in [-0.25, -0.2) is 0 Å². The molecule has 0 unspecified atom stereocenters. The van der Waals surface area contributed by atoms with Gasteiger partial charge >= 0.3 is 0 Å². The van der Waals surface area contributed by atoms with Crippen LogP contribution in [0.4, 0.5) is 0 Å². The zero-order chi connectivity index (χ0) is 12.1. The Labute approximate surface area is 133 Å². The van der Waals surface area contributed by atoms with Gasteiger partial charge in [0.25, 0.3) is 0 Å². The number of nitrogens with one attached hydrogen (secondary N) is 1. The highest BCUT2D eigenvalue weighted by atomic mass is 35.5. The summed E-state index contributed by atoms with van der Waals surface area (Å²) in [4.78, 5) is 2.65. The van der Waals surface area contributed by atoms with Crippen LogP contribution in [0.2, 0.25) is 0 Å². The molecule has 0 spiro atoms. The minimum atomic E-state index is 0. The van der Waals surface area contributed by atoms with Gasteiger partial charge in [0.2, 0.25) is 0 Å². The van der Waals surface area contributed by atoms with Crippen molar-refractivity contribution in [3.05, 3.63) is 22.4 Å². The lowest BCUT2D eigenvalue weighted by molar-refractivity contribution is 0.160. The van der Waals surface area contributed by atoms with Gasteiger partial charge < -0.3 is 5.32 Å². The van der Waals surface area contributed by atoms with Crippen LogP contribution < -0.4 is 5.32 Å². The second-order valence-corrected chi connectivity index (χ2v) is 6.11. The minimum Gasteiger partial charge on any atom is -0.314 e. The number of hydrogen-bond acceptors (Lipinski definition) is 3. The first-order valence-electron chi connectivity index (χ1n) is 6.74. The maximum absolute atomic E-state index is 3.44. The van der Waals surface area contributed by atoms with Crippen LogP contribution >= 0.6 is 36.2 Å². The zero-order valence-corrected chi connectivity index (χ0v) is 14.3. The van der Waals surface area contributed by atoms with E-state index < -0.39 is 0 Å². The van der Waals surface area contributed by atoms with E-state index in [4.69, 9.17) is 0 Å². The zero-order valence-electron chi connectivity index (χ0n) is 11.8. The van der Waals surface area contributed by atoms with Crippen molar-refractivity contribution in [1.82, 2.24) is 10.2 Å². The van der Waals surface area contributed by atoms with Crippen molar-refractivity contribution in [2.75, 3.05) is 26.2 Å². The Kier molecular flexibility index (Phi) is 10.1. The molecular formula is C14H26Cl2N2S. The van der Waals surface area contributed by atoms with Crippen molar-refractivity contribution in [3.63, 3.8) is 0 Å². The first-order chi connectivity index (χ1) is 8.27. The molecule has 112 valence electrons. The fourth-order valence-electron chi connectivity index (χ4n) is 2.51. The SMILES string of the molecule is CC(C)CC[C@@H](c1ccsc1)N1CCNCC1.Cl.Cl. The summed E-state index contributed by atoms with van der Waals surface area (Å²) in [7, 11) is 0. The topological polar surface area (TPSA) is 15.3 Å². The summed E-state index contributed by atoms with van der Waals surface area (Å²) in [6.07, 6.45) is 2.62. The molecule has 19 heavy (non-hydrogen) atoms.